The van der Waals surface area contributed by atoms with Crippen molar-refractivity contribution >= 4 is 17.5 Å². The van der Waals surface area contributed by atoms with Gasteiger partial charge in [0.2, 0.25) is 5.91 Å². The highest BCUT2D eigenvalue weighted by atomic mass is 35.5. The molecule has 1 aromatic rings. The fourth-order valence-electron chi connectivity index (χ4n) is 1.98. The topological polar surface area (TPSA) is 55.1 Å². The molecule has 4 heteroatoms. The largest absolute Gasteiger partial charge is 0.350 e. The molecule has 0 aromatic heterocycles. The van der Waals surface area contributed by atoms with E-state index in [1.165, 1.54) is 0 Å². The number of hydrogen-bond acceptors (Lipinski definition) is 2. The maximum atomic E-state index is 11.8. The van der Waals surface area contributed by atoms with Crippen LogP contribution in [0.5, 0.6) is 0 Å². The number of carbonyl (C=O) groups excluding carboxylic acids is 1. The molecule has 19 heavy (non-hydrogen) atoms. The van der Waals surface area contributed by atoms with Gasteiger partial charge in [-0.1, -0.05) is 30.7 Å². The second-order valence-electron chi connectivity index (χ2n) is 5.07. The van der Waals surface area contributed by atoms with Crippen molar-refractivity contribution < 1.29 is 4.79 Å². The van der Waals surface area contributed by atoms with Crippen molar-refractivity contribution in [1.82, 2.24) is 5.32 Å². The van der Waals surface area contributed by atoms with Gasteiger partial charge in [0.1, 0.15) is 0 Å². The third-order valence-corrected chi connectivity index (χ3v) is 3.48. The number of hydrogen-bond donors (Lipinski definition) is 2. The normalized spacial score (nSPS) is 13.9. The summed E-state index contributed by atoms with van der Waals surface area (Å²) < 4.78 is 0. The van der Waals surface area contributed by atoms with Crippen molar-refractivity contribution in [2.24, 2.45) is 11.7 Å². The van der Waals surface area contributed by atoms with E-state index in [9.17, 15) is 4.79 Å². The summed E-state index contributed by atoms with van der Waals surface area (Å²) in [5.74, 6) is 0.577. The second-order valence-corrected chi connectivity index (χ2v) is 5.50. The van der Waals surface area contributed by atoms with E-state index in [4.69, 9.17) is 17.3 Å². The van der Waals surface area contributed by atoms with Gasteiger partial charge in [0.25, 0.3) is 0 Å². The summed E-state index contributed by atoms with van der Waals surface area (Å²) in [7, 11) is 0. The fraction of sp³-hybridized carbons (Fsp3) is 0.533. The van der Waals surface area contributed by atoms with Crippen molar-refractivity contribution in [1.29, 1.82) is 0 Å². The Morgan fingerprint density at radius 1 is 1.37 bits per heavy atom. The van der Waals surface area contributed by atoms with Crippen molar-refractivity contribution in [3.05, 3.63) is 34.9 Å². The molecule has 0 aliphatic carbocycles. The maximum Gasteiger partial charge on any atom is 0.220 e. The van der Waals surface area contributed by atoms with Crippen LogP contribution in [0.3, 0.4) is 0 Å². The van der Waals surface area contributed by atoms with Crippen LogP contribution in [0.1, 0.15) is 44.7 Å². The van der Waals surface area contributed by atoms with Crippen LogP contribution in [-0.2, 0) is 4.79 Å². The molecule has 0 aliphatic rings. The van der Waals surface area contributed by atoms with Crippen LogP contribution in [0.15, 0.2) is 24.3 Å². The molecule has 0 radical (unpaired) electrons. The molecule has 0 fully saturated rings. The third-order valence-electron chi connectivity index (χ3n) is 3.25. The predicted molar refractivity (Wildman–Crippen MR) is 80.1 cm³/mol. The maximum absolute atomic E-state index is 11.8. The van der Waals surface area contributed by atoms with Gasteiger partial charge >= 0.3 is 0 Å². The third kappa shape index (κ3) is 6.08. The van der Waals surface area contributed by atoms with Gasteiger partial charge in [0.15, 0.2) is 0 Å². The van der Waals surface area contributed by atoms with Crippen LogP contribution in [0.4, 0.5) is 0 Å². The number of nitrogens with two attached hydrogens (primary N) is 1. The van der Waals surface area contributed by atoms with Crippen LogP contribution < -0.4 is 11.1 Å². The Balaban J connectivity index is 2.40. The highest BCUT2D eigenvalue weighted by Crippen LogP contribution is 2.18. The molecular weight excluding hydrogens is 260 g/mol. The second kappa shape index (κ2) is 8.18. The van der Waals surface area contributed by atoms with Gasteiger partial charge < -0.3 is 11.1 Å². The Labute approximate surface area is 120 Å². The van der Waals surface area contributed by atoms with Gasteiger partial charge in [0, 0.05) is 11.4 Å². The van der Waals surface area contributed by atoms with Crippen LogP contribution in [0, 0.1) is 5.92 Å². The summed E-state index contributed by atoms with van der Waals surface area (Å²) in [4.78, 5) is 11.8. The number of benzene rings is 1. The van der Waals surface area contributed by atoms with E-state index in [1.54, 1.807) is 0 Å². The van der Waals surface area contributed by atoms with E-state index in [1.807, 2.05) is 31.2 Å². The van der Waals surface area contributed by atoms with Gasteiger partial charge in [0.05, 0.1) is 6.04 Å². The zero-order chi connectivity index (χ0) is 14.3. The SMILES string of the molecule is CC(CCN)CCC(=O)N[C@@H](C)c1cccc(Cl)c1. The van der Waals surface area contributed by atoms with Gasteiger partial charge in [-0.05, 0) is 49.9 Å². The summed E-state index contributed by atoms with van der Waals surface area (Å²) in [5.41, 5.74) is 6.52. The number of amides is 1. The minimum Gasteiger partial charge on any atom is -0.350 e. The molecular formula is C15H23ClN2O. The van der Waals surface area contributed by atoms with Gasteiger partial charge in [-0.15, -0.1) is 0 Å². The number of carbonyl (C=O) groups is 1. The summed E-state index contributed by atoms with van der Waals surface area (Å²) in [6.45, 7) is 4.77. The molecule has 0 saturated carbocycles. The van der Waals surface area contributed by atoms with E-state index in [0.29, 0.717) is 23.9 Å². The molecule has 2 atom stereocenters. The first-order valence-corrected chi connectivity index (χ1v) is 7.15. The van der Waals surface area contributed by atoms with Gasteiger partial charge in [-0.25, -0.2) is 0 Å². The smallest absolute Gasteiger partial charge is 0.220 e. The van der Waals surface area contributed by atoms with E-state index in [2.05, 4.69) is 12.2 Å². The molecule has 0 heterocycles. The van der Waals surface area contributed by atoms with Gasteiger partial charge in [-0.3, -0.25) is 4.79 Å². The van der Waals surface area contributed by atoms with E-state index >= 15 is 0 Å². The Morgan fingerprint density at radius 3 is 2.74 bits per heavy atom. The average Bonchev–Trinajstić information content (AvgIpc) is 2.36. The summed E-state index contributed by atoms with van der Waals surface area (Å²) in [5, 5.41) is 3.68. The van der Waals surface area contributed by atoms with Crippen molar-refractivity contribution in [2.45, 2.75) is 39.2 Å². The molecule has 1 rings (SSSR count). The van der Waals surface area contributed by atoms with E-state index in [0.717, 1.165) is 18.4 Å². The number of nitrogens with one attached hydrogen (secondary N) is 1. The van der Waals surface area contributed by atoms with Crippen molar-refractivity contribution in [3.8, 4) is 0 Å². The lowest BCUT2D eigenvalue weighted by Gasteiger charge is -2.15. The molecule has 0 saturated heterocycles. The van der Waals surface area contributed by atoms with E-state index in [-0.39, 0.29) is 11.9 Å². The highest BCUT2D eigenvalue weighted by molar-refractivity contribution is 6.30. The quantitative estimate of drug-likeness (QED) is 0.806. The molecule has 106 valence electrons. The molecule has 3 N–H and O–H groups in total. The highest BCUT2D eigenvalue weighted by Gasteiger charge is 2.11. The fourth-order valence-corrected chi connectivity index (χ4v) is 2.18. The zero-order valence-corrected chi connectivity index (χ0v) is 12.4. The van der Waals surface area contributed by atoms with Gasteiger partial charge in [-0.2, -0.15) is 0 Å². The first kappa shape index (κ1) is 16.0. The first-order valence-electron chi connectivity index (χ1n) is 6.77. The monoisotopic (exact) mass is 282 g/mol. The molecule has 0 aliphatic heterocycles. The molecule has 1 unspecified atom stereocenters. The minimum atomic E-state index is -0.0176. The molecule has 3 nitrogen and oxygen atoms in total. The standard InChI is InChI=1S/C15H23ClN2O/c1-11(8-9-17)6-7-15(19)18-12(2)13-4-3-5-14(16)10-13/h3-5,10-12H,6-9,17H2,1-2H3,(H,18,19)/t11?,12-/m0/s1. The minimum absolute atomic E-state index is 0.0176. The Hall–Kier alpha value is -1.06. The van der Waals surface area contributed by atoms with Crippen LogP contribution in [0.25, 0.3) is 0 Å². The van der Waals surface area contributed by atoms with Crippen molar-refractivity contribution in [3.63, 3.8) is 0 Å². The lowest BCUT2D eigenvalue weighted by atomic mass is 10.0. The average molecular weight is 283 g/mol. The Morgan fingerprint density at radius 2 is 2.11 bits per heavy atom. The number of halogens is 1. The predicted octanol–water partition coefficient (Wildman–Crippen LogP) is 3.28. The molecule has 0 spiro atoms. The van der Waals surface area contributed by atoms with Crippen LogP contribution in [-0.4, -0.2) is 12.5 Å². The zero-order valence-electron chi connectivity index (χ0n) is 11.7. The molecule has 1 aromatic carbocycles. The lowest BCUT2D eigenvalue weighted by Crippen LogP contribution is -2.26. The lowest BCUT2D eigenvalue weighted by molar-refractivity contribution is -0.122. The summed E-state index contributed by atoms with van der Waals surface area (Å²) >= 11 is 5.94. The van der Waals surface area contributed by atoms with Crippen LogP contribution >= 0.6 is 11.6 Å². The first-order chi connectivity index (χ1) is 9.02. The summed E-state index contributed by atoms with van der Waals surface area (Å²) in [6.07, 6.45) is 2.40. The van der Waals surface area contributed by atoms with Crippen LogP contribution in [0.2, 0.25) is 5.02 Å². The molecule has 1 amide bonds. The number of rotatable bonds is 7. The Bertz CT molecular complexity index is 409. The summed E-state index contributed by atoms with van der Waals surface area (Å²) in [6, 6.07) is 7.55. The van der Waals surface area contributed by atoms with E-state index < -0.39 is 0 Å². The van der Waals surface area contributed by atoms with Crippen molar-refractivity contribution in [2.75, 3.05) is 6.54 Å². The Kier molecular flexibility index (Phi) is 6.89. The molecule has 0 bridgehead atoms.